The summed E-state index contributed by atoms with van der Waals surface area (Å²) in [6.07, 6.45) is 4.80. The summed E-state index contributed by atoms with van der Waals surface area (Å²) in [4.78, 5) is 6.82. The first-order valence-corrected chi connectivity index (χ1v) is 8.02. The molecule has 0 bridgehead atoms. The first-order valence-electron chi connectivity index (χ1n) is 8.02. The topological polar surface area (TPSA) is 52.0 Å². The molecule has 21 heavy (non-hydrogen) atoms. The van der Waals surface area contributed by atoms with Crippen molar-refractivity contribution in [2.75, 3.05) is 24.5 Å². The van der Waals surface area contributed by atoms with Gasteiger partial charge in [-0.2, -0.15) is 5.26 Å². The van der Waals surface area contributed by atoms with E-state index in [0.29, 0.717) is 6.04 Å². The van der Waals surface area contributed by atoms with Gasteiger partial charge in [-0.25, -0.2) is 0 Å². The third-order valence-electron chi connectivity index (χ3n) is 4.14. The van der Waals surface area contributed by atoms with Crippen molar-refractivity contribution in [1.82, 2.24) is 10.3 Å². The second kappa shape index (κ2) is 7.42. The average molecular weight is 286 g/mol. The van der Waals surface area contributed by atoms with E-state index in [0.717, 1.165) is 48.7 Å². The Morgan fingerprint density at radius 2 is 2.29 bits per heavy atom. The van der Waals surface area contributed by atoms with Crippen LogP contribution in [0.2, 0.25) is 0 Å². The van der Waals surface area contributed by atoms with Gasteiger partial charge in [0.2, 0.25) is 0 Å². The van der Waals surface area contributed by atoms with Gasteiger partial charge < -0.3 is 10.2 Å². The molecule has 1 unspecified atom stereocenters. The van der Waals surface area contributed by atoms with Gasteiger partial charge >= 0.3 is 0 Å². The fourth-order valence-electron chi connectivity index (χ4n) is 3.03. The van der Waals surface area contributed by atoms with E-state index in [1.54, 1.807) is 0 Å². The van der Waals surface area contributed by atoms with Crippen LogP contribution in [0.25, 0.3) is 0 Å². The number of rotatable bonds is 6. The Kier molecular flexibility index (Phi) is 5.58. The molecule has 1 aromatic heterocycles. The van der Waals surface area contributed by atoms with E-state index < -0.39 is 0 Å². The Morgan fingerprint density at radius 3 is 2.90 bits per heavy atom. The molecule has 0 spiro atoms. The zero-order chi connectivity index (χ0) is 15.2. The molecule has 0 amide bonds. The van der Waals surface area contributed by atoms with Crippen LogP contribution in [0.4, 0.5) is 5.69 Å². The average Bonchev–Trinajstić information content (AvgIpc) is 2.95. The van der Waals surface area contributed by atoms with Crippen molar-refractivity contribution in [1.29, 1.82) is 5.26 Å². The summed E-state index contributed by atoms with van der Waals surface area (Å²) in [5.74, 6) is 0. The maximum Gasteiger partial charge on any atom is 0.103 e. The minimum absolute atomic E-state index is 0.544. The van der Waals surface area contributed by atoms with Crippen molar-refractivity contribution in [3.05, 3.63) is 23.0 Å². The van der Waals surface area contributed by atoms with Gasteiger partial charge in [0.25, 0.3) is 0 Å². The SMILES string of the molecule is CCCCN(CC1CCCN1)c1cc(C)nc(C)c1C#N. The van der Waals surface area contributed by atoms with E-state index in [2.05, 4.69) is 34.3 Å². The molecule has 1 saturated heterocycles. The summed E-state index contributed by atoms with van der Waals surface area (Å²) < 4.78 is 0. The second-order valence-corrected chi connectivity index (χ2v) is 5.95. The maximum atomic E-state index is 9.49. The number of nitrogens with zero attached hydrogens (tertiary/aromatic N) is 3. The molecule has 1 aliphatic heterocycles. The van der Waals surface area contributed by atoms with Crippen LogP contribution < -0.4 is 10.2 Å². The van der Waals surface area contributed by atoms with Crippen LogP contribution in [-0.2, 0) is 0 Å². The van der Waals surface area contributed by atoms with Gasteiger partial charge in [0, 0.05) is 24.8 Å². The lowest BCUT2D eigenvalue weighted by Crippen LogP contribution is -2.38. The summed E-state index contributed by atoms with van der Waals surface area (Å²) in [6.45, 7) is 9.25. The Labute approximate surface area is 128 Å². The molecule has 1 aromatic rings. The van der Waals surface area contributed by atoms with Crippen LogP contribution in [-0.4, -0.2) is 30.7 Å². The third kappa shape index (κ3) is 3.95. The van der Waals surface area contributed by atoms with E-state index in [-0.39, 0.29) is 0 Å². The van der Waals surface area contributed by atoms with Crippen LogP contribution >= 0.6 is 0 Å². The van der Waals surface area contributed by atoms with E-state index in [1.807, 2.05) is 13.8 Å². The molecular formula is C17H26N4. The molecule has 2 rings (SSSR count). The second-order valence-electron chi connectivity index (χ2n) is 5.95. The highest BCUT2D eigenvalue weighted by molar-refractivity contribution is 5.61. The van der Waals surface area contributed by atoms with Crippen molar-refractivity contribution >= 4 is 5.69 Å². The van der Waals surface area contributed by atoms with Gasteiger partial charge in [-0.05, 0) is 45.7 Å². The molecule has 0 aliphatic carbocycles. The van der Waals surface area contributed by atoms with E-state index in [4.69, 9.17) is 0 Å². The molecule has 1 N–H and O–H groups in total. The Hall–Kier alpha value is -1.60. The van der Waals surface area contributed by atoms with Crippen molar-refractivity contribution in [2.45, 2.75) is 52.5 Å². The maximum absolute atomic E-state index is 9.49. The summed E-state index contributed by atoms with van der Waals surface area (Å²) in [7, 11) is 0. The first kappa shape index (κ1) is 15.8. The highest BCUT2D eigenvalue weighted by Crippen LogP contribution is 2.25. The minimum Gasteiger partial charge on any atom is -0.369 e. The third-order valence-corrected chi connectivity index (χ3v) is 4.14. The molecule has 1 aliphatic rings. The number of pyridine rings is 1. The van der Waals surface area contributed by atoms with Crippen LogP contribution in [0.5, 0.6) is 0 Å². The molecule has 2 heterocycles. The molecule has 0 saturated carbocycles. The van der Waals surface area contributed by atoms with E-state index >= 15 is 0 Å². The highest BCUT2D eigenvalue weighted by atomic mass is 15.2. The first-order chi connectivity index (χ1) is 10.2. The number of nitriles is 1. The molecular weight excluding hydrogens is 260 g/mol. The molecule has 1 atom stereocenters. The Balaban J connectivity index is 2.28. The largest absolute Gasteiger partial charge is 0.369 e. The summed E-state index contributed by atoms with van der Waals surface area (Å²) in [5.41, 5.74) is 3.62. The number of aromatic nitrogens is 1. The van der Waals surface area contributed by atoms with Gasteiger partial charge in [-0.1, -0.05) is 13.3 Å². The lowest BCUT2D eigenvalue weighted by Gasteiger charge is -2.29. The van der Waals surface area contributed by atoms with Crippen LogP contribution in [0.15, 0.2) is 6.07 Å². The van der Waals surface area contributed by atoms with Gasteiger partial charge in [0.15, 0.2) is 0 Å². The van der Waals surface area contributed by atoms with Gasteiger partial charge in [-0.15, -0.1) is 0 Å². The molecule has 0 radical (unpaired) electrons. The standard InChI is InChI=1S/C17H26N4/c1-4-5-9-21(12-15-7-6-8-19-15)17-10-13(2)20-14(3)16(17)11-18/h10,15,19H,4-9,12H2,1-3H3. The zero-order valence-corrected chi connectivity index (χ0v) is 13.4. The molecule has 4 nitrogen and oxygen atoms in total. The number of nitrogens with one attached hydrogen (secondary N) is 1. The lowest BCUT2D eigenvalue weighted by molar-refractivity contribution is 0.571. The highest BCUT2D eigenvalue weighted by Gasteiger charge is 2.21. The van der Waals surface area contributed by atoms with Crippen molar-refractivity contribution < 1.29 is 0 Å². The predicted octanol–water partition coefficient (Wildman–Crippen LogP) is 2.93. The smallest absolute Gasteiger partial charge is 0.103 e. The quantitative estimate of drug-likeness (QED) is 0.873. The number of aryl methyl sites for hydroxylation is 2. The van der Waals surface area contributed by atoms with Crippen molar-refractivity contribution in [3.8, 4) is 6.07 Å². The predicted molar refractivity (Wildman–Crippen MR) is 86.6 cm³/mol. The summed E-state index contributed by atoms with van der Waals surface area (Å²) in [5, 5.41) is 13.1. The fourth-order valence-corrected chi connectivity index (χ4v) is 3.03. The van der Waals surface area contributed by atoms with Crippen LogP contribution in [0.1, 0.15) is 49.6 Å². The number of hydrogen-bond donors (Lipinski definition) is 1. The number of unbranched alkanes of at least 4 members (excludes halogenated alkanes) is 1. The molecule has 1 fully saturated rings. The minimum atomic E-state index is 0.544. The van der Waals surface area contributed by atoms with E-state index in [1.165, 1.54) is 19.3 Å². The Bertz CT molecular complexity index is 512. The molecule has 114 valence electrons. The van der Waals surface area contributed by atoms with Crippen molar-refractivity contribution in [2.24, 2.45) is 0 Å². The zero-order valence-electron chi connectivity index (χ0n) is 13.4. The normalized spacial score (nSPS) is 17.7. The number of anilines is 1. The molecule has 4 heteroatoms. The van der Waals surface area contributed by atoms with Gasteiger partial charge in [0.05, 0.1) is 16.9 Å². The van der Waals surface area contributed by atoms with Gasteiger partial charge in [0.1, 0.15) is 6.07 Å². The van der Waals surface area contributed by atoms with Crippen molar-refractivity contribution in [3.63, 3.8) is 0 Å². The molecule has 0 aromatic carbocycles. The van der Waals surface area contributed by atoms with Crippen LogP contribution in [0.3, 0.4) is 0 Å². The summed E-state index contributed by atoms with van der Waals surface area (Å²) in [6, 6.07) is 4.96. The lowest BCUT2D eigenvalue weighted by atomic mass is 10.1. The van der Waals surface area contributed by atoms with Gasteiger partial charge in [-0.3, -0.25) is 4.98 Å². The summed E-state index contributed by atoms with van der Waals surface area (Å²) >= 11 is 0. The fraction of sp³-hybridized carbons (Fsp3) is 0.647. The Morgan fingerprint density at radius 1 is 1.48 bits per heavy atom. The van der Waals surface area contributed by atoms with E-state index in [9.17, 15) is 5.26 Å². The number of hydrogen-bond acceptors (Lipinski definition) is 4. The van der Waals surface area contributed by atoms with Crippen LogP contribution in [0, 0.1) is 25.2 Å². The monoisotopic (exact) mass is 286 g/mol.